The molecular formula is C21H27N3O6. The number of amides is 1. The number of hydrogen-bond donors (Lipinski definition) is 5. The first-order valence-electron chi connectivity index (χ1n) is 9.43. The number of unbranched alkanes of at least 4 members (excludes halogenated alkanes) is 1. The van der Waals surface area contributed by atoms with Crippen molar-refractivity contribution >= 4 is 23.4 Å². The first kappa shape index (κ1) is 24.7. The number of carboxylic acids is 1. The minimum Gasteiger partial charge on any atom is -0.508 e. The number of allylic oxidation sites excluding steroid dienone is 4. The fourth-order valence-electron chi connectivity index (χ4n) is 2.43. The Hall–Kier alpha value is -3.30. The Morgan fingerprint density at radius 1 is 0.967 bits per heavy atom. The number of aromatic hydroxyl groups is 1. The van der Waals surface area contributed by atoms with Crippen molar-refractivity contribution < 1.29 is 29.4 Å². The molecule has 0 saturated carbocycles. The molecule has 1 aromatic carbocycles. The summed E-state index contributed by atoms with van der Waals surface area (Å²) in [6, 6.07) is 4.35. The van der Waals surface area contributed by atoms with Gasteiger partial charge in [-0.25, -0.2) is 4.79 Å². The summed E-state index contributed by atoms with van der Waals surface area (Å²) in [6.45, 7) is 0.535. The second-order valence-corrected chi connectivity index (χ2v) is 6.63. The van der Waals surface area contributed by atoms with Gasteiger partial charge in [-0.1, -0.05) is 18.6 Å². The quantitative estimate of drug-likeness (QED) is 0.280. The summed E-state index contributed by atoms with van der Waals surface area (Å²) in [6.07, 6.45) is 7.10. The second kappa shape index (κ2) is 13.0. The third-order valence-electron chi connectivity index (χ3n) is 4.12. The lowest BCUT2D eigenvalue weighted by Gasteiger charge is -2.18. The van der Waals surface area contributed by atoms with Crippen molar-refractivity contribution in [2.75, 3.05) is 6.54 Å². The van der Waals surface area contributed by atoms with E-state index in [0.717, 1.165) is 12.8 Å². The summed E-state index contributed by atoms with van der Waals surface area (Å²) < 4.78 is 0. The fraction of sp³-hybridized carbons (Fsp3) is 0.333. The van der Waals surface area contributed by atoms with Crippen LogP contribution in [-0.4, -0.2) is 52.3 Å². The van der Waals surface area contributed by atoms with Crippen LogP contribution in [0.1, 0.15) is 24.8 Å². The third kappa shape index (κ3) is 9.76. The number of carboxylic acid groups (broad SMARTS) is 1. The van der Waals surface area contributed by atoms with Gasteiger partial charge in [0.15, 0.2) is 11.6 Å². The molecule has 30 heavy (non-hydrogen) atoms. The van der Waals surface area contributed by atoms with Crippen LogP contribution in [0.5, 0.6) is 5.75 Å². The van der Waals surface area contributed by atoms with Crippen LogP contribution in [0.4, 0.5) is 0 Å². The molecule has 2 atom stereocenters. The molecule has 2 rings (SSSR count). The Kier molecular flexibility index (Phi) is 10.7. The second-order valence-electron chi connectivity index (χ2n) is 6.63. The first-order chi connectivity index (χ1) is 14.2. The van der Waals surface area contributed by atoms with Crippen molar-refractivity contribution in [2.45, 2.75) is 37.8 Å². The van der Waals surface area contributed by atoms with E-state index in [9.17, 15) is 29.4 Å². The zero-order valence-corrected chi connectivity index (χ0v) is 16.5. The lowest BCUT2D eigenvalue weighted by Crippen LogP contribution is -2.49. The Morgan fingerprint density at radius 2 is 1.50 bits per heavy atom. The van der Waals surface area contributed by atoms with Gasteiger partial charge in [0.2, 0.25) is 5.91 Å². The Balaban J connectivity index is 0.000000467. The Morgan fingerprint density at radius 3 is 1.97 bits per heavy atom. The lowest BCUT2D eigenvalue weighted by molar-refractivity contribution is -0.142. The van der Waals surface area contributed by atoms with Crippen molar-refractivity contribution in [3.8, 4) is 5.75 Å². The maximum atomic E-state index is 11.9. The number of phenols is 1. The van der Waals surface area contributed by atoms with Crippen LogP contribution in [0.3, 0.4) is 0 Å². The third-order valence-corrected chi connectivity index (χ3v) is 4.12. The predicted molar refractivity (Wildman–Crippen MR) is 111 cm³/mol. The molecule has 0 fully saturated rings. The highest BCUT2D eigenvalue weighted by molar-refractivity contribution is 6.14. The molecule has 0 aliphatic heterocycles. The minimum absolute atomic E-state index is 0.0987. The van der Waals surface area contributed by atoms with Gasteiger partial charge in [0.25, 0.3) is 0 Å². The number of carbonyl (C=O) groups is 4. The number of phenolic OH excluding ortho intramolecular Hbond substituents is 1. The van der Waals surface area contributed by atoms with Gasteiger partial charge in [-0.3, -0.25) is 14.4 Å². The van der Waals surface area contributed by atoms with Crippen molar-refractivity contribution in [3.05, 3.63) is 54.1 Å². The van der Waals surface area contributed by atoms with E-state index < -0.39 is 24.0 Å². The van der Waals surface area contributed by atoms with Gasteiger partial charge in [-0.2, -0.15) is 0 Å². The Labute approximate surface area is 174 Å². The summed E-state index contributed by atoms with van der Waals surface area (Å²) in [7, 11) is 0. The number of nitrogens with one attached hydrogen (secondary N) is 1. The van der Waals surface area contributed by atoms with Crippen LogP contribution in [0, 0.1) is 0 Å². The normalized spacial score (nSPS) is 14.5. The summed E-state index contributed by atoms with van der Waals surface area (Å²) >= 11 is 0. The highest BCUT2D eigenvalue weighted by atomic mass is 16.4. The van der Waals surface area contributed by atoms with Gasteiger partial charge in [-0.15, -0.1) is 0 Å². The van der Waals surface area contributed by atoms with Crippen LogP contribution in [0.25, 0.3) is 0 Å². The van der Waals surface area contributed by atoms with E-state index in [1.54, 1.807) is 12.1 Å². The molecule has 0 bridgehead atoms. The average Bonchev–Trinajstić information content (AvgIpc) is 2.71. The van der Waals surface area contributed by atoms with Gasteiger partial charge in [0.1, 0.15) is 11.8 Å². The van der Waals surface area contributed by atoms with E-state index in [4.69, 9.17) is 11.5 Å². The Bertz CT molecular complexity index is 763. The van der Waals surface area contributed by atoms with Crippen LogP contribution in [0.2, 0.25) is 0 Å². The van der Waals surface area contributed by atoms with E-state index in [1.807, 2.05) is 0 Å². The van der Waals surface area contributed by atoms with Gasteiger partial charge < -0.3 is 27.0 Å². The van der Waals surface area contributed by atoms with Gasteiger partial charge in [0.05, 0.1) is 6.04 Å². The number of nitrogens with two attached hydrogens (primary N) is 2. The van der Waals surface area contributed by atoms with Crippen molar-refractivity contribution in [1.29, 1.82) is 0 Å². The van der Waals surface area contributed by atoms with Gasteiger partial charge in [-0.05, 0) is 61.4 Å². The zero-order valence-electron chi connectivity index (χ0n) is 16.5. The smallest absolute Gasteiger partial charge is 0.326 e. The number of carbonyl (C=O) groups excluding carboxylic acids is 3. The molecular weight excluding hydrogens is 390 g/mol. The maximum absolute atomic E-state index is 11.9. The number of ketones is 2. The highest BCUT2D eigenvalue weighted by Crippen LogP contribution is 2.11. The van der Waals surface area contributed by atoms with Crippen LogP contribution in [0.15, 0.2) is 48.6 Å². The van der Waals surface area contributed by atoms with Crippen LogP contribution < -0.4 is 16.8 Å². The largest absolute Gasteiger partial charge is 0.508 e. The van der Waals surface area contributed by atoms with Gasteiger partial charge in [0, 0.05) is 6.42 Å². The van der Waals surface area contributed by atoms with E-state index in [2.05, 4.69) is 5.32 Å². The van der Waals surface area contributed by atoms with E-state index in [1.165, 1.54) is 36.4 Å². The van der Waals surface area contributed by atoms with Crippen molar-refractivity contribution in [3.63, 3.8) is 0 Å². The molecule has 0 radical (unpaired) electrons. The number of benzene rings is 1. The van der Waals surface area contributed by atoms with E-state index in [-0.39, 0.29) is 23.7 Å². The number of rotatable bonds is 9. The average molecular weight is 417 g/mol. The van der Waals surface area contributed by atoms with E-state index in [0.29, 0.717) is 18.5 Å². The van der Waals surface area contributed by atoms with E-state index >= 15 is 0 Å². The minimum atomic E-state index is -1.13. The molecule has 0 heterocycles. The van der Waals surface area contributed by atoms with Crippen LogP contribution in [-0.2, 0) is 25.6 Å². The molecule has 162 valence electrons. The van der Waals surface area contributed by atoms with Crippen molar-refractivity contribution in [2.24, 2.45) is 11.5 Å². The predicted octanol–water partition coefficient (Wildman–Crippen LogP) is 0.211. The summed E-state index contributed by atoms with van der Waals surface area (Å²) in [5.74, 6) is -1.76. The molecule has 1 amide bonds. The molecule has 9 heteroatoms. The molecule has 7 N–H and O–H groups in total. The number of hydrogen-bond acceptors (Lipinski definition) is 7. The number of aliphatic carboxylic acids is 1. The zero-order chi connectivity index (χ0) is 22.5. The first-order valence-corrected chi connectivity index (χ1v) is 9.43. The SMILES string of the molecule is NCCCCC(N)C(=O)NC(Cc1ccc(O)cc1)C(=O)O.O=C1C=CC(=O)C=C1. The fourth-order valence-corrected chi connectivity index (χ4v) is 2.43. The molecule has 1 aliphatic rings. The summed E-state index contributed by atoms with van der Waals surface area (Å²) in [5.41, 5.74) is 11.8. The topological polar surface area (TPSA) is 173 Å². The maximum Gasteiger partial charge on any atom is 0.326 e. The standard InChI is InChI=1S/C15H23N3O4.C6H4O2/c16-8-2-1-3-12(17)14(20)18-13(15(21)22)9-10-4-6-11(19)7-5-10;7-5-1-2-6(8)4-3-5/h4-7,12-13,19H,1-3,8-9,16-17H2,(H,18,20)(H,21,22);1-4H. The molecule has 2 unspecified atom stereocenters. The molecule has 1 aromatic rings. The molecule has 9 nitrogen and oxygen atoms in total. The van der Waals surface area contributed by atoms with Crippen LogP contribution >= 0.6 is 0 Å². The molecule has 0 aromatic heterocycles. The summed E-state index contributed by atoms with van der Waals surface area (Å²) in [5, 5.41) is 20.9. The lowest BCUT2D eigenvalue weighted by atomic mass is 10.0. The highest BCUT2D eigenvalue weighted by Gasteiger charge is 2.23. The monoisotopic (exact) mass is 417 g/mol. The molecule has 1 aliphatic carbocycles. The summed E-state index contributed by atoms with van der Waals surface area (Å²) in [4.78, 5) is 43.8. The molecule has 0 saturated heterocycles. The van der Waals surface area contributed by atoms with Crippen molar-refractivity contribution in [1.82, 2.24) is 5.32 Å². The van der Waals surface area contributed by atoms with Gasteiger partial charge >= 0.3 is 5.97 Å². The molecule has 0 spiro atoms.